The Morgan fingerprint density at radius 1 is 0.258 bits per heavy atom. The number of benzene rings is 10. The van der Waals surface area contributed by atoms with Crippen molar-refractivity contribution in [2.45, 2.75) is 0 Å². The number of nitrogens with zero attached hydrogens (tertiary/aromatic N) is 1. The topological polar surface area (TPSA) is 16.4 Å². The molecule has 62 heavy (non-hydrogen) atoms. The fourth-order valence-electron chi connectivity index (χ4n) is 8.64. The lowest BCUT2D eigenvalue weighted by atomic mass is 9.97. The third-order valence-corrected chi connectivity index (χ3v) is 11.9. The zero-order chi connectivity index (χ0) is 41.2. The van der Waals surface area contributed by atoms with Crippen molar-refractivity contribution >= 4 is 38.8 Å². The molecule has 0 aliphatic heterocycles. The van der Waals surface area contributed by atoms with Gasteiger partial charge in [-0.1, -0.05) is 194 Å². The van der Waals surface area contributed by atoms with E-state index in [1.807, 2.05) is 18.2 Å². The fourth-order valence-corrected chi connectivity index (χ4v) is 8.64. The lowest BCUT2D eigenvalue weighted by molar-refractivity contribution is 0.631. The summed E-state index contributed by atoms with van der Waals surface area (Å²) in [7, 11) is 0. The second-order valence-corrected chi connectivity index (χ2v) is 15.8. The van der Waals surface area contributed by atoms with Crippen LogP contribution < -0.4 is 4.90 Å². The van der Waals surface area contributed by atoms with Crippen LogP contribution in [-0.2, 0) is 0 Å². The van der Waals surface area contributed by atoms with E-state index in [-0.39, 0.29) is 0 Å². The first kappa shape index (κ1) is 36.8. The first-order chi connectivity index (χ1) is 30.7. The molecule has 0 radical (unpaired) electrons. The van der Waals surface area contributed by atoms with Crippen LogP contribution in [0.25, 0.3) is 88.7 Å². The van der Waals surface area contributed by atoms with Crippen LogP contribution in [0.1, 0.15) is 0 Å². The van der Waals surface area contributed by atoms with Gasteiger partial charge < -0.3 is 9.32 Å². The SMILES string of the molecule is c1ccc(-c2ccc(-c3ccc(N(c4ccc(-c5ccc(-c6cccc(-c7cc8ccccc8o7)c6)cc5)cc4)c4ccc(-c5cccc6ccccc56)cc4)cc3)cc2)cc1. The maximum Gasteiger partial charge on any atom is 0.135 e. The van der Waals surface area contributed by atoms with Gasteiger partial charge in [0.2, 0.25) is 0 Å². The van der Waals surface area contributed by atoms with Gasteiger partial charge in [0, 0.05) is 28.0 Å². The van der Waals surface area contributed by atoms with Gasteiger partial charge in [0.05, 0.1) is 0 Å². The minimum Gasteiger partial charge on any atom is -0.456 e. The van der Waals surface area contributed by atoms with Crippen LogP contribution in [0.15, 0.2) is 253 Å². The van der Waals surface area contributed by atoms with Gasteiger partial charge in [-0.15, -0.1) is 0 Å². The molecule has 0 amide bonds. The number of rotatable bonds is 9. The van der Waals surface area contributed by atoms with Gasteiger partial charge in [-0.25, -0.2) is 0 Å². The van der Waals surface area contributed by atoms with Crippen LogP contribution in [0.2, 0.25) is 0 Å². The van der Waals surface area contributed by atoms with Gasteiger partial charge in [-0.2, -0.15) is 0 Å². The summed E-state index contributed by atoms with van der Waals surface area (Å²) >= 11 is 0. The zero-order valence-electron chi connectivity index (χ0n) is 34.0. The molecule has 292 valence electrons. The molecular weight excluding hydrogens is 751 g/mol. The average molecular weight is 792 g/mol. The zero-order valence-corrected chi connectivity index (χ0v) is 34.0. The second-order valence-electron chi connectivity index (χ2n) is 15.8. The van der Waals surface area contributed by atoms with Crippen molar-refractivity contribution in [3.63, 3.8) is 0 Å². The molecule has 0 bridgehead atoms. The normalized spacial score (nSPS) is 11.2. The highest BCUT2D eigenvalue weighted by Gasteiger charge is 2.15. The maximum absolute atomic E-state index is 6.18. The molecule has 0 saturated carbocycles. The molecule has 10 aromatic carbocycles. The Morgan fingerprint density at radius 3 is 1.24 bits per heavy atom. The molecule has 0 saturated heterocycles. The highest BCUT2D eigenvalue weighted by atomic mass is 16.3. The quantitative estimate of drug-likeness (QED) is 0.145. The van der Waals surface area contributed by atoms with Crippen LogP contribution in [0, 0.1) is 0 Å². The summed E-state index contributed by atoms with van der Waals surface area (Å²) in [6.07, 6.45) is 0. The van der Waals surface area contributed by atoms with Crippen molar-refractivity contribution in [2.75, 3.05) is 4.90 Å². The monoisotopic (exact) mass is 791 g/mol. The van der Waals surface area contributed by atoms with Crippen LogP contribution in [0.5, 0.6) is 0 Å². The molecule has 1 heterocycles. The van der Waals surface area contributed by atoms with Crippen molar-refractivity contribution in [2.24, 2.45) is 0 Å². The summed E-state index contributed by atoms with van der Waals surface area (Å²) in [5, 5.41) is 3.61. The average Bonchev–Trinajstić information content (AvgIpc) is 3.80. The Hall–Kier alpha value is -8.20. The number of anilines is 3. The van der Waals surface area contributed by atoms with Gasteiger partial charge in [-0.05, 0) is 121 Å². The van der Waals surface area contributed by atoms with Crippen molar-refractivity contribution in [1.29, 1.82) is 0 Å². The first-order valence-corrected chi connectivity index (χ1v) is 21.1. The molecule has 11 aromatic rings. The third kappa shape index (κ3) is 7.25. The Balaban J connectivity index is 0.891. The van der Waals surface area contributed by atoms with Gasteiger partial charge in [0.1, 0.15) is 11.3 Å². The summed E-state index contributed by atoms with van der Waals surface area (Å²) in [6, 6.07) is 89.0. The van der Waals surface area contributed by atoms with Gasteiger partial charge >= 0.3 is 0 Å². The largest absolute Gasteiger partial charge is 0.456 e. The lowest BCUT2D eigenvalue weighted by Crippen LogP contribution is -2.09. The molecule has 11 rings (SSSR count). The van der Waals surface area contributed by atoms with E-state index in [2.05, 4.69) is 235 Å². The Labute approximate surface area is 362 Å². The lowest BCUT2D eigenvalue weighted by Gasteiger charge is -2.26. The van der Waals surface area contributed by atoms with E-state index < -0.39 is 0 Å². The second kappa shape index (κ2) is 16.1. The van der Waals surface area contributed by atoms with Gasteiger partial charge in [-0.3, -0.25) is 0 Å². The van der Waals surface area contributed by atoms with E-state index in [0.717, 1.165) is 56.0 Å². The van der Waals surface area contributed by atoms with E-state index in [4.69, 9.17) is 4.42 Å². The number of hydrogen-bond donors (Lipinski definition) is 0. The molecule has 2 nitrogen and oxygen atoms in total. The summed E-state index contributed by atoms with van der Waals surface area (Å²) in [5.41, 5.74) is 17.1. The van der Waals surface area contributed by atoms with Crippen molar-refractivity contribution in [1.82, 2.24) is 0 Å². The molecule has 0 N–H and O–H groups in total. The van der Waals surface area contributed by atoms with Crippen LogP contribution >= 0.6 is 0 Å². The predicted octanol–water partition coefficient (Wildman–Crippen LogP) is 17.1. The fraction of sp³-hybridized carbons (Fsp3) is 0. The molecule has 1 aromatic heterocycles. The predicted molar refractivity (Wildman–Crippen MR) is 261 cm³/mol. The van der Waals surface area contributed by atoms with E-state index in [9.17, 15) is 0 Å². The first-order valence-electron chi connectivity index (χ1n) is 21.1. The van der Waals surface area contributed by atoms with E-state index in [0.29, 0.717) is 0 Å². The minimum absolute atomic E-state index is 0.879. The summed E-state index contributed by atoms with van der Waals surface area (Å²) in [5.74, 6) is 0.879. The Kier molecular flexibility index (Phi) is 9.57. The highest BCUT2D eigenvalue weighted by molar-refractivity contribution is 5.97. The van der Waals surface area contributed by atoms with Gasteiger partial charge in [0.25, 0.3) is 0 Å². The van der Waals surface area contributed by atoms with E-state index in [1.54, 1.807) is 0 Å². The van der Waals surface area contributed by atoms with Crippen molar-refractivity contribution < 1.29 is 4.42 Å². The van der Waals surface area contributed by atoms with Crippen molar-refractivity contribution in [3.8, 4) is 67.0 Å². The van der Waals surface area contributed by atoms with Crippen LogP contribution in [0.3, 0.4) is 0 Å². The molecule has 2 heteroatoms. The van der Waals surface area contributed by atoms with E-state index in [1.165, 1.54) is 49.7 Å². The molecule has 0 spiro atoms. The number of hydrogen-bond acceptors (Lipinski definition) is 2. The number of furan rings is 1. The van der Waals surface area contributed by atoms with Crippen LogP contribution in [-0.4, -0.2) is 0 Å². The molecule has 0 fully saturated rings. The molecule has 0 atom stereocenters. The third-order valence-electron chi connectivity index (χ3n) is 11.9. The summed E-state index contributed by atoms with van der Waals surface area (Å²) in [4.78, 5) is 2.34. The summed E-state index contributed by atoms with van der Waals surface area (Å²) < 4.78 is 6.18. The smallest absolute Gasteiger partial charge is 0.135 e. The standard InChI is InChI=1S/C60H41NO/c1-2-10-42(11-3-1)43-20-22-44(23-21-43)46-28-34-54(35-29-46)61(56-38-32-50(33-39-56)58-18-9-14-49-12-4-6-17-57(49)58)55-36-30-47(31-37-55)45-24-26-48(27-25-45)51-15-8-16-52(40-51)60-41-53-13-5-7-19-59(53)62-60/h1-41H. The van der Waals surface area contributed by atoms with Crippen LogP contribution in [0.4, 0.5) is 17.1 Å². The number of fused-ring (bicyclic) bond motifs is 2. The van der Waals surface area contributed by atoms with Crippen molar-refractivity contribution in [3.05, 3.63) is 249 Å². The molecule has 0 aliphatic rings. The summed E-state index contributed by atoms with van der Waals surface area (Å²) in [6.45, 7) is 0. The molecule has 0 unspecified atom stereocenters. The minimum atomic E-state index is 0.879. The van der Waals surface area contributed by atoms with E-state index >= 15 is 0 Å². The maximum atomic E-state index is 6.18. The molecular formula is C60H41NO. The van der Waals surface area contributed by atoms with Gasteiger partial charge in [0.15, 0.2) is 0 Å². The Bertz CT molecular complexity index is 3250. The Morgan fingerprint density at radius 2 is 0.661 bits per heavy atom. The molecule has 0 aliphatic carbocycles. The number of para-hydroxylation sites is 1. The highest BCUT2D eigenvalue weighted by Crippen LogP contribution is 2.39.